The fourth-order valence-corrected chi connectivity index (χ4v) is 2.38. The molecule has 1 atom stereocenters. The lowest BCUT2D eigenvalue weighted by atomic mass is 10.1. The van der Waals surface area contributed by atoms with Gasteiger partial charge >= 0.3 is 0 Å². The Morgan fingerprint density at radius 2 is 2.11 bits per heavy atom. The molecule has 2 aromatic rings. The topological polar surface area (TPSA) is 59.3 Å². The van der Waals surface area contributed by atoms with E-state index in [1.807, 2.05) is 32.0 Å². The highest BCUT2D eigenvalue weighted by Gasteiger charge is 2.17. The predicted octanol–water partition coefficient (Wildman–Crippen LogP) is 2.16. The zero-order valence-electron chi connectivity index (χ0n) is 11.3. The van der Waals surface area contributed by atoms with Gasteiger partial charge in [0.05, 0.1) is 0 Å². The van der Waals surface area contributed by atoms with E-state index in [0.717, 1.165) is 22.1 Å². The van der Waals surface area contributed by atoms with Crippen molar-refractivity contribution in [1.82, 2.24) is 5.32 Å². The van der Waals surface area contributed by atoms with Crippen LogP contribution in [0.3, 0.4) is 0 Å². The van der Waals surface area contributed by atoms with E-state index in [4.69, 9.17) is 4.42 Å². The summed E-state index contributed by atoms with van der Waals surface area (Å²) in [6, 6.07) is 5.84. The molecular formula is C14H17NO3S. The molecule has 0 bridgehead atoms. The summed E-state index contributed by atoms with van der Waals surface area (Å²) in [5, 5.41) is 3.69. The van der Waals surface area contributed by atoms with Gasteiger partial charge in [0.25, 0.3) is 5.91 Å². The van der Waals surface area contributed by atoms with E-state index in [-0.39, 0.29) is 5.91 Å². The van der Waals surface area contributed by atoms with Crippen molar-refractivity contribution in [3.05, 3.63) is 35.1 Å². The van der Waals surface area contributed by atoms with E-state index >= 15 is 0 Å². The molecule has 5 heteroatoms. The highest BCUT2D eigenvalue weighted by Crippen LogP contribution is 2.27. The van der Waals surface area contributed by atoms with Gasteiger partial charge in [-0.25, -0.2) is 0 Å². The molecule has 0 aliphatic heterocycles. The van der Waals surface area contributed by atoms with Crippen LogP contribution in [0.5, 0.6) is 0 Å². The summed E-state index contributed by atoms with van der Waals surface area (Å²) in [7, 11) is -0.907. The molecule has 0 radical (unpaired) electrons. The zero-order valence-corrected chi connectivity index (χ0v) is 12.1. The number of fused-ring (bicyclic) bond motifs is 1. The van der Waals surface area contributed by atoms with Gasteiger partial charge in [-0.15, -0.1) is 0 Å². The summed E-state index contributed by atoms with van der Waals surface area (Å²) in [6.07, 6.45) is 1.61. The molecule has 1 heterocycles. The van der Waals surface area contributed by atoms with E-state index < -0.39 is 10.8 Å². The molecule has 1 unspecified atom stereocenters. The van der Waals surface area contributed by atoms with Crippen LogP contribution >= 0.6 is 0 Å². The van der Waals surface area contributed by atoms with Crippen LogP contribution in [-0.4, -0.2) is 28.7 Å². The van der Waals surface area contributed by atoms with Crippen molar-refractivity contribution in [2.24, 2.45) is 0 Å². The first kappa shape index (κ1) is 13.8. The van der Waals surface area contributed by atoms with E-state index in [1.54, 1.807) is 6.26 Å². The van der Waals surface area contributed by atoms with Gasteiger partial charge in [-0.05, 0) is 19.4 Å². The molecule has 1 aromatic carbocycles. The Kier molecular flexibility index (Phi) is 4.04. The summed E-state index contributed by atoms with van der Waals surface area (Å²) in [6.45, 7) is 4.21. The maximum absolute atomic E-state index is 12.0. The first-order chi connectivity index (χ1) is 9.00. The largest absolute Gasteiger partial charge is 0.450 e. The lowest BCUT2D eigenvalue weighted by molar-refractivity contribution is 0.0930. The van der Waals surface area contributed by atoms with Gasteiger partial charge in [0.2, 0.25) is 0 Å². The third-order valence-corrected chi connectivity index (χ3v) is 3.82. The Morgan fingerprint density at radius 1 is 1.37 bits per heavy atom. The molecule has 4 nitrogen and oxygen atoms in total. The monoisotopic (exact) mass is 279 g/mol. The molecule has 0 aliphatic rings. The molecule has 0 saturated heterocycles. The van der Waals surface area contributed by atoms with Crippen LogP contribution in [0, 0.1) is 13.8 Å². The summed E-state index contributed by atoms with van der Waals surface area (Å²) in [5.74, 6) is 0.536. The van der Waals surface area contributed by atoms with E-state index in [9.17, 15) is 9.00 Å². The van der Waals surface area contributed by atoms with E-state index in [1.165, 1.54) is 0 Å². The van der Waals surface area contributed by atoms with Crippen LogP contribution < -0.4 is 5.32 Å². The van der Waals surface area contributed by atoms with Gasteiger partial charge in [-0.3, -0.25) is 9.00 Å². The van der Waals surface area contributed by atoms with Crippen LogP contribution in [0.1, 0.15) is 21.7 Å². The molecule has 2 rings (SSSR count). The SMILES string of the molecule is Cc1c(C(=O)NCCS(C)=O)oc2c(C)cccc12. The normalized spacial score (nSPS) is 12.6. The Hall–Kier alpha value is -1.62. The number of furan rings is 1. The van der Waals surface area contributed by atoms with Crippen molar-refractivity contribution in [2.75, 3.05) is 18.6 Å². The first-order valence-electron chi connectivity index (χ1n) is 6.07. The first-order valence-corrected chi connectivity index (χ1v) is 7.80. The minimum absolute atomic E-state index is 0.251. The Morgan fingerprint density at radius 3 is 2.74 bits per heavy atom. The second-order valence-electron chi connectivity index (χ2n) is 4.54. The Bertz CT molecular complexity index is 645. The van der Waals surface area contributed by atoms with Gasteiger partial charge in [-0.1, -0.05) is 18.2 Å². The summed E-state index contributed by atoms with van der Waals surface area (Å²) in [4.78, 5) is 12.0. The van der Waals surface area contributed by atoms with E-state index in [2.05, 4.69) is 5.32 Å². The Balaban J connectivity index is 2.25. The second kappa shape index (κ2) is 5.57. The van der Waals surface area contributed by atoms with Gasteiger partial charge in [-0.2, -0.15) is 0 Å². The van der Waals surface area contributed by atoms with Crippen molar-refractivity contribution < 1.29 is 13.4 Å². The summed E-state index contributed by atoms with van der Waals surface area (Å²) in [5.41, 5.74) is 2.60. The standard InChI is InChI=1S/C14H17NO3S/c1-9-5-4-6-11-10(2)13(18-12(9)11)14(16)15-7-8-19(3)17/h4-6H,7-8H2,1-3H3,(H,15,16). The van der Waals surface area contributed by atoms with Crippen molar-refractivity contribution in [3.63, 3.8) is 0 Å². The predicted molar refractivity (Wildman–Crippen MR) is 77.0 cm³/mol. The number of nitrogens with one attached hydrogen (secondary N) is 1. The number of benzene rings is 1. The molecule has 0 saturated carbocycles. The maximum atomic E-state index is 12.0. The fraction of sp³-hybridized carbons (Fsp3) is 0.357. The van der Waals surface area contributed by atoms with E-state index in [0.29, 0.717) is 18.1 Å². The fourth-order valence-electron chi connectivity index (χ4n) is 1.99. The third kappa shape index (κ3) is 2.87. The number of aryl methyl sites for hydroxylation is 2. The number of para-hydroxylation sites is 1. The van der Waals surface area contributed by atoms with Crippen LogP contribution in [-0.2, 0) is 10.8 Å². The van der Waals surface area contributed by atoms with Crippen LogP contribution in [0.4, 0.5) is 0 Å². The third-order valence-electron chi connectivity index (χ3n) is 3.04. The van der Waals surface area contributed by atoms with Gasteiger partial charge in [0, 0.05) is 40.3 Å². The van der Waals surface area contributed by atoms with Crippen LogP contribution in [0.2, 0.25) is 0 Å². The van der Waals surface area contributed by atoms with Crippen molar-refractivity contribution in [1.29, 1.82) is 0 Å². The number of rotatable bonds is 4. The van der Waals surface area contributed by atoms with Gasteiger partial charge in [0.1, 0.15) is 5.58 Å². The molecule has 102 valence electrons. The van der Waals surface area contributed by atoms with Crippen molar-refractivity contribution >= 4 is 27.7 Å². The minimum atomic E-state index is -0.907. The molecule has 19 heavy (non-hydrogen) atoms. The van der Waals surface area contributed by atoms with Crippen LogP contribution in [0.25, 0.3) is 11.0 Å². The maximum Gasteiger partial charge on any atom is 0.287 e. The lowest BCUT2D eigenvalue weighted by Gasteiger charge is -2.01. The zero-order chi connectivity index (χ0) is 14.0. The van der Waals surface area contributed by atoms with Gasteiger partial charge < -0.3 is 9.73 Å². The Labute approximate surface area is 114 Å². The molecular weight excluding hydrogens is 262 g/mol. The van der Waals surface area contributed by atoms with Crippen molar-refractivity contribution in [2.45, 2.75) is 13.8 Å². The van der Waals surface area contributed by atoms with Crippen LogP contribution in [0.15, 0.2) is 22.6 Å². The number of amides is 1. The number of hydrogen-bond donors (Lipinski definition) is 1. The average molecular weight is 279 g/mol. The average Bonchev–Trinajstić information content (AvgIpc) is 2.68. The lowest BCUT2D eigenvalue weighted by Crippen LogP contribution is -2.27. The second-order valence-corrected chi connectivity index (χ2v) is 6.10. The summed E-state index contributed by atoms with van der Waals surface area (Å²) >= 11 is 0. The molecule has 0 fully saturated rings. The molecule has 0 aliphatic carbocycles. The van der Waals surface area contributed by atoms with Gasteiger partial charge in [0.15, 0.2) is 5.76 Å². The molecule has 0 spiro atoms. The smallest absolute Gasteiger partial charge is 0.287 e. The molecule has 1 amide bonds. The number of carbonyl (C=O) groups is 1. The van der Waals surface area contributed by atoms with Crippen molar-refractivity contribution in [3.8, 4) is 0 Å². The molecule has 1 N–H and O–H groups in total. The number of hydrogen-bond acceptors (Lipinski definition) is 3. The quantitative estimate of drug-likeness (QED) is 0.933. The summed E-state index contributed by atoms with van der Waals surface area (Å²) < 4.78 is 16.6. The molecule has 1 aromatic heterocycles. The highest BCUT2D eigenvalue weighted by molar-refractivity contribution is 7.84. The minimum Gasteiger partial charge on any atom is -0.450 e. The highest BCUT2D eigenvalue weighted by atomic mass is 32.2. The number of carbonyl (C=O) groups excluding carboxylic acids is 1.